The lowest BCUT2D eigenvalue weighted by atomic mass is 10.1. The molecule has 1 rings (SSSR count). The van der Waals surface area contributed by atoms with Gasteiger partial charge in [0.1, 0.15) is 13.3 Å². The number of aryl methyl sites for hydroxylation is 1. The van der Waals surface area contributed by atoms with Gasteiger partial charge in [-0.15, -0.1) is 0 Å². The number of nitrogens with two attached hydrogens (primary N) is 1. The summed E-state index contributed by atoms with van der Waals surface area (Å²) in [6.45, 7) is 0.880. The lowest BCUT2D eigenvalue weighted by Gasteiger charge is -2.07. The highest BCUT2D eigenvalue weighted by molar-refractivity contribution is 5.95. The molecule has 0 radical (unpaired) electrons. The molecule has 0 aliphatic heterocycles. The molecule has 0 bridgehead atoms. The van der Waals surface area contributed by atoms with E-state index in [1.165, 1.54) is 0 Å². The summed E-state index contributed by atoms with van der Waals surface area (Å²) >= 11 is 0. The molecule has 0 atom stereocenters. The average molecular weight is 197 g/mol. The second kappa shape index (κ2) is 4.60. The van der Waals surface area contributed by atoms with Crippen LogP contribution >= 0.6 is 0 Å². The summed E-state index contributed by atoms with van der Waals surface area (Å²) < 4.78 is 16.4. The topological polar surface area (TPSA) is 52.3 Å². The quantitative estimate of drug-likeness (QED) is 0.592. The molecule has 0 saturated carbocycles. The minimum absolute atomic E-state index is 0.230. The molecule has 0 amide bonds. The van der Waals surface area contributed by atoms with Gasteiger partial charge in [0, 0.05) is 5.69 Å². The number of anilines is 1. The van der Waals surface area contributed by atoms with E-state index in [0.717, 1.165) is 5.56 Å². The van der Waals surface area contributed by atoms with Crippen molar-refractivity contribution in [2.45, 2.75) is 6.92 Å². The highest BCUT2D eigenvalue weighted by atomic mass is 19.1. The number of carbonyl (C=O) groups excluding carboxylic acids is 1. The molecule has 0 saturated heterocycles. The molecule has 76 valence electrons. The van der Waals surface area contributed by atoms with E-state index >= 15 is 0 Å². The van der Waals surface area contributed by atoms with Gasteiger partial charge in [-0.05, 0) is 18.6 Å². The second-order valence-corrected chi connectivity index (χ2v) is 2.86. The Hall–Kier alpha value is -1.58. The maximum Gasteiger partial charge on any atom is 0.340 e. The zero-order valence-corrected chi connectivity index (χ0v) is 7.92. The van der Waals surface area contributed by atoms with Crippen LogP contribution in [0.2, 0.25) is 0 Å². The monoisotopic (exact) mass is 197 g/mol. The Morgan fingerprint density at radius 2 is 2.29 bits per heavy atom. The van der Waals surface area contributed by atoms with Crippen molar-refractivity contribution in [3.05, 3.63) is 29.3 Å². The summed E-state index contributed by atoms with van der Waals surface area (Å²) in [6, 6.07) is 5.06. The van der Waals surface area contributed by atoms with Gasteiger partial charge in [-0.25, -0.2) is 9.18 Å². The van der Waals surface area contributed by atoms with Crippen LogP contribution in [0.5, 0.6) is 0 Å². The third kappa shape index (κ3) is 2.22. The van der Waals surface area contributed by atoms with Crippen molar-refractivity contribution in [2.75, 3.05) is 19.0 Å². The highest BCUT2D eigenvalue weighted by Gasteiger charge is 2.11. The lowest BCUT2D eigenvalue weighted by molar-refractivity contribution is 0.0482. The molecule has 0 aliphatic carbocycles. The number of benzene rings is 1. The van der Waals surface area contributed by atoms with Gasteiger partial charge < -0.3 is 10.5 Å². The number of esters is 1. The molecule has 0 heterocycles. The van der Waals surface area contributed by atoms with E-state index in [2.05, 4.69) is 4.74 Å². The third-order valence-corrected chi connectivity index (χ3v) is 1.85. The van der Waals surface area contributed by atoms with Crippen LogP contribution in [0.15, 0.2) is 18.2 Å². The molecule has 4 heteroatoms. The molecule has 0 unspecified atom stereocenters. The number of ether oxygens (including phenoxy) is 1. The maximum absolute atomic E-state index is 11.7. The number of alkyl halides is 1. The molecule has 3 nitrogen and oxygen atoms in total. The van der Waals surface area contributed by atoms with E-state index < -0.39 is 12.6 Å². The Kier molecular flexibility index (Phi) is 3.45. The number of para-hydroxylation sites is 1. The molecule has 14 heavy (non-hydrogen) atoms. The first kappa shape index (κ1) is 10.5. The number of hydrogen-bond donors (Lipinski definition) is 1. The smallest absolute Gasteiger partial charge is 0.340 e. The standard InChI is InChI=1S/C10H12FNO2/c1-7-3-2-4-8(9(7)12)10(13)14-6-5-11/h2-4H,5-6,12H2,1H3. The second-order valence-electron chi connectivity index (χ2n) is 2.86. The molecule has 0 spiro atoms. The molecule has 1 aromatic carbocycles. The molecule has 1 aromatic rings. The Bertz CT molecular complexity index is 339. The van der Waals surface area contributed by atoms with E-state index in [1.54, 1.807) is 25.1 Å². The van der Waals surface area contributed by atoms with Crippen LogP contribution in [-0.4, -0.2) is 19.3 Å². The van der Waals surface area contributed by atoms with Crippen LogP contribution in [0.25, 0.3) is 0 Å². The van der Waals surface area contributed by atoms with Crippen molar-refractivity contribution in [3.63, 3.8) is 0 Å². The highest BCUT2D eigenvalue weighted by Crippen LogP contribution is 2.17. The Balaban J connectivity index is 2.84. The predicted octanol–water partition coefficient (Wildman–Crippen LogP) is 1.70. The zero-order chi connectivity index (χ0) is 10.6. The van der Waals surface area contributed by atoms with Crippen molar-refractivity contribution in [2.24, 2.45) is 0 Å². The van der Waals surface area contributed by atoms with Crippen LogP contribution in [0.4, 0.5) is 10.1 Å². The van der Waals surface area contributed by atoms with Gasteiger partial charge in [0.25, 0.3) is 0 Å². The summed E-state index contributed by atoms with van der Waals surface area (Å²) in [6.07, 6.45) is 0. The minimum Gasteiger partial charge on any atom is -0.459 e. The van der Waals surface area contributed by atoms with E-state index in [0.29, 0.717) is 11.3 Å². The Morgan fingerprint density at radius 3 is 2.93 bits per heavy atom. The first-order chi connectivity index (χ1) is 6.66. The van der Waals surface area contributed by atoms with Gasteiger partial charge in [0.05, 0.1) is 5.56 Å². The predicted molar refractivity (Wildman–Crippen MR) is 51.8 cm³/mol. The van der Waals surface area contributed by atoms with Crippen LogP contribution in [0.1, 0.15) is 15.9 Å². The van der Waals surface area contributed by atoms with Crippen LogP contribution < -0.4 is 5.73 Å². The molecule has 0 aromatic heterocycles. The van der Waals surface area contributed by atoms with Gasteiger partial charge in [0.2, 0.25) is 0 Å². The van der Waals surface area contributed by atoms with Gasteiger partial charge in [-0.2, -0.15) is 0 Å². The van der Waals surface area contributed by atoms with E-state index in [9.17, 15) is 9.18 Å². The SMILES string of the molecule is Cc1cccc(C(=O)OCCF)c1N. The summed E-state index contributed by atoms with van der Waals surface area (Å²) in [5, 5.41) is 0. The largest absolute Gasteiger partial charge is 0.459 e. The number of carbonyl (C=O) groups is 1. The average Bonchev–Trinajstić information content (AvgIpc) is 2.18. The summed E-state index contributed by atoms with van der Waals surface area (Å²) in [5.74, 6) is -0.580. The number of nitrogen functional groups attached to an aromatic ring is 1. The van der Waals surface area contributed by atoms with E-state index in [-0.39, 0.29) is 6.61 Å². The molecule has 0 fully saturated rings. The fourth-order valence-electron chi connectivity index (χ4n) is 1.07. The molecule has 0 aliphatic rings. The first-order valence-corrected chi connectivity index (χ1v) is 4.25. The van der Waals surface area contributed by atoms with Gasteiger partial charge in [-0.3, -0.25) is 0 Å². The number of hydrogen-bond acceptors (Lipinski definition) is 3. The Morgan fingerprint density at radius 1 is 1.57 bits per heavy atom. The molecular formula is C10H12FNO2. The van der Waals surface area contributed by atoms with E-state index in [1.807, 2.05) is 0 Å². The summed E-state index contributed by atoms with van der Waals surface area (Å²) in [5.41, 5.74) is 7.14. The van der Waals surface area contributed by atoms with Crippen LogP contribution in [0, 0.1) is 6.92 Å². The molecular weight excluding hydrogens is 185 g/mol. The van der Waals surface area contributed by atoms with Crippen molar-refractivity contribution >= 4 is 11.7 Å². The fraction of sp³-hybridized carbons (Fsp3) is 0.300. The number of halogens is 1. The normalized spacial score (nSPS) is 9.86. The third-order valence-electron chi connectivity index (χ3n) is 1.85. The lowest BCUT2D eigenvalue weighted by Crippen LogP contribution is -2.10. The van der Waals surface area contributed by atoms with Gasteiger partial charge in [0.15, 0.2) is 0 Å². The van der Waals surface area contributed by atoms with E-state index in [4.69, 9.17) is 5.73 Å². The maximum atomic E-state index is 11.7. The van der Waals surface area contributed by atoms with Crippen molar-refractivity contribution < 1.29 is 13.9 Å². The minimum atomic E-state index is -0.683. The fourth-order valence-corrected chi connectivity index (χ4v) is 1.07. The van der Waals surface area contributed by atoms with Crippen LogP contribution in [0.3, 0.4) is 0 Å². The van der Waals surface area contributed by atoms with Gasteiger partial charge in [-0.1, -0.05) is 12.1 Å². The summed E-state index contributed by atoms with van der Waals surface area (Å²) in [7, 11) is 0. The van der Waals surface area contributed by atoms with Crippen molar-refractivity contribution in [1.29, 1.82) is 0 Å². The van der Waals surface area contributed by atoms with Crippen molar-refractivity contribution in [1.82, 2.24) is 0 Å². The Labute approximate surface area is 81.7 Å². The number of rotatable bonds is 3. The molecule has 2 N–H and O–H groups in total. The van der Waals surface area contributed by atoms with Gasteiger partial charge >= 0.3 is 5.97 Å². The summed E-state index contributed by atoms with van der Waals surface area (Å²) in [4.78, 5) is 11.3. The first-order valence-electron chi connectivity index (χ1n) is 4.25. The zero-order valence-electron chi connectivity index (χ0n) is 7.92. The van der Waals surface area contributed by atoms with Crippen molar-refractivity contribution in [3.8, 4) is 0 Å². The van der Waals surface area contributed by atoms with Crippen LogP contribution in [-0.2, 0) is 4.74 Å².